The van der Waals surface area contributed by atoms with E-state index in [0.717, 1.165) is 29.5 Å². The average Bonchev–Trinajstić information content (AvgIpc) is 2.78. The summed E-state index contributed by atoms with van der Waals surface area (Å²) in [5.74, 6) is 0.780. The number of hydrogen-bond acceptors (Lipinski definition) is 4. The fourth-order valence-electron chi connectivity index (χ4n) is 1.46. The Morgan fingerprint density at radius 2 is 2.17 bits per heavy atom. The lowest BCUT2D eigenvalue weighted by Crippen LogP contribution is -1.99. The van der Waals surface area contributed by atoms with Gasteiger partial charge in [-0.25, -0.2) is 4.98 Å². The van der Waals surface area contributed by atoms with Crippen molar-refractivity contribution in [1.29, 1.82) is 0 Å². The Balaban J connectivity index is 2.06. The van der Waals surface area contributed by atoms with Gasteiger partial charge in [0.1, 0.15) is 5.82 Å². The van der Waals surface area contributed by atoms with Gasteiger partial charge in [0.15, 0.2) is 0 Å². The van der Waals surface area contributed by atoms with Gasteiger partial charge >= 0.3 is 0 Å². The maximum atomic E-state index is 6.12. The summed E-state index contributed by atoms with van der Waals surface area (Å²) in [6.07, 6.45) is 1.69. The highest BCUT2D eigenvalue weighted by atomic mass is 35.5. The number of aromatic nitrogens is 2. The van der Waals surface area contributed by atoms with Crippen LogP contribution in [0.2, 0.25) is 10.0 Å². The first-order chi connectivity index (χ1) is 8.69. The van der Waals surface area contributed by atoms with Crippen LogP contribution in [-0.4, -0.2) is 15.9 Å². The molecule has 1 aromatic carbocycles. The Morgan fingerprint density at radius 3 is 2.89 bits per heavy atom. The van der Waals surface area contributed by atoms with Crippen LogP contribution in [0.15, 0.2) is 18.2 Å². The average molecular weight is 302 g/mol. The standard InChI is InChI=1S/C12H13Cl2N3S/c1-2-5-15-12-16-11(17-18-12)6-8-3-4-9(13)7-10(8)14/h3-4,7H,2,5-6H2,1H3,(H,15,16,17). The Morgan fingerprint density at radius 1 is 1.33 bits per heavy atom. The van der Waals surface area contributed by atoms with E-state index in [9.17, 15) is 0 Å². The molecular formula is C12H13Cl2N3S. The van der Waals surface area contributed by atoms with Crippen LogP contribution in [0.1, 0.15) is 24.7 Å². The first-order valence-corrected chi connectivity index (χ1v) is 7.22. The Kier molecular flexibility index (Phi) is 4.80. The minimum absolute atomic E-state index is 0.625. The van der Waals surface area contributed by atoms with Gasteiger partial charge in [0.2, 0.25) is 5.13 Å². The molecule has 0 aliphatic rings. The summed E-state index contributed by atoms with van der Waals surface area (Å²) in [4.78, 5) is 4.41. The largest absolute Gasteiger partial charge is 0.360 e. The quantitative estimate of drug-likeness (QED) is 0.897. The van der Waals surface area contributed by atoms with Crippen LogP contribution in [0.4, 0.5) is 5.13 Å². The second kappa shape index (κ2) is 6.36. The first kappa shape index (κ1) is 13.6. The topological polar surface area (TPSA) is 37.8 Å². The van der Waals surface area contributed by atoms with Crippen LogP contribution in [0.5, 0.6) is 0 Å². The number of rotatable bonds is 5. The molecule has 1 aromatic heterocycles. The Bertz CT molecular complexity index is 528. The first-order valence-electron chi connectivity index (χ1n) is 5.69. The number of halogens is 2. The number of nitrogens with one attached hydrogen (secondary N) is 1. The van der Waals surface area contributed by atoms with Crippen LogP contribution in [0.3, 0.4) is 0 Å². The van der Waals surface area contributed by atoms with E-state index in [1.807, 2.05) is 12.1 Å². The zero-order valence-electron chi connectivity index (χ0n) is 9.91. The molecule has 0 saturated carbocycles. The minimum atomic E-state index is 0.625. The third-order valence-electron chi connectivity index (χ3n) is 2.36. The van der Waals surface area contributed by atoms with Gasteiger partial charge in [0.25, 0.3) is 0 Å². The van der Waals surface area contributed by atoms with Crippen LogP contribution >= 0.6 is 34.7 Å². The fraction of sp³-hybridized carbons (Fsp3) is 0.333. The predicted octanol–water partition coefficient (Wildman–Crippen LogP) is 4.26. The third kappa shape index (κ3) is 3.57. The van der Waals surface area contributed by atoms with Crippen molar-refractivity contribution in [3.05, 3.63) is 39.6 Å². The molecular weight excluding hydrogens is 289 g/mol. The molecule has 3 nitrogen and oxygen atoms in total. The second-order valence-electron chi connectivity index (χ2n) is 3.86. The van der Waals surface area contributed by atoms with Gasteiger partial charge in [0.05, 0.1) is 0 Å². The third-order valence-corrected chi connectivity index (χ3v) is 3.66. The van der Waals surface area contributed by atoms with E-state index >= 15 is 0 Å². The van der Waals surface area contributed by atoms with E-state index in [1.165, 1.54) is 11.5 Å². The minimum Gasteiger partial charge on any atom is -0.360 e. The summed E-state index contributed by atoms with van der Waals surface area (Å²) in [7, 11) is 0. The summed E-state index contributed by atoms with van der Waals surface area (Å²) in [6.45, 7) is 3.03. The SMILES string of the molecule is CCCNc1nc(Cc2ccc(Cl)cc2Cl)ns1. The van der Waals surface area contributed by atoms with E-state index in [4.69, 9.17) is 23.2 Å². The molecule has 1 N–H and O–H groups in total. The van der Waals surface area contributed by atoms with Crippen molar-refractivity contribution >= 4 is 39.9 Å². The molecule has 0 saturated heterocycles. The summed E-state index contributed by atoms with van der Waals surface area (Å²) in [5, 5.41) is 5.37. The van der Waals surface area contributed by atoms with E-state index in [-0.39, 0.29) is 0 Å². The number of anilines is 1. The maximum absolute atomic E-state index is 6.12. The lowest BCUT2D eigenvalue weighted by molar-refractivity contribution is 0.966. The molecule has 0 spiro atoms. The fourth-order valence-corrected chi connectivity index (χ4v) is 2.55. The molecule has 2 rings (SSSR count). The smallest absolute Gasteiger partial charge is 0.202 e. The van der Waals surface area contributed by atoms with E-state index in [1.54, 1.807) is 6.07 Å². The second-order valence-corrected chi connectivity index (χ2v) is 5.45. The highest BCUT2D eigenvalue weighted by molar-refractivity contribution is 7.09. The molecule has 0 amide bonds. The molecule has 0 fully saturated rings. The van der Waals surface area contributed by atoms with Crippen molar-refractivity contribution in [1.82, 2.24) is 9.36 Å². The van der Waals surface area contributed by atoms with Crippen molar-refractivity contribution in [2.24, 2.45) is 0 Å². The molecule has 0 aliphatic carbocycles. The van der Waals surface area contributed by atoms with Gasteiger partial charge in [0, 0.05) is 34.5 Å². The van der Waals surface area contributed by atoms with Crippen molar-refractivity contribution in [2.75, 3.05) is 11.9 Å². The van der Waals surface area contributed by atoms with Gasteiger partial charge < -0.3 is 5.32 Å². The van der Waals surface area contributed by atoms with Gasteiger partial charge in [-0.1, -0.05) is 36.2 Å². The number of hydrogen-bond donors (Lipinski definition) is 1. The summed E-state index contributed by atoms with van der Waals surface area (Å²) in [6, 6.07) is 5.47. The highest BCUT2D eigenvalue weighted by Gasteiger charge is 2.07. The predicted molar refractivity (Wildman–Crippen MR) is 78.0 cm³/mol. The number of benzene rings is 1. The van der Waals surface area contributed by atoms with Gasteiger partial charge in [-0.3, -0.25) is 0 Å². The molecule has 96 valence electrons. The Labute approximate surface area is 120 Å². The molecule has 0 radical (unpaired) electrons. The molecule has 0 atom stereocenters. The molecule has 1 heterocycles. The molecule has 0 aliphatic heterocycles. The monoisotopic (exact) mass is 301 g/mol. The lowest BCUT2D eigenvalue weighted by Gasteiger charge is -2.01. The normalized spacial score (nSPS) is 10.6. The molecule has 6 heteroatoms. The van der Waals surface area contributed by atoms with Crippen molar-refractivity contribution in [3.63, 3.8) is 0 Å². The summed E-state index contributed by atoms with van der Waals surface area (Å²) < 4.78 is 4.30. The molecule has 2 aromatic rings. The van der Waals surface area contributed by atoms with Crippen LogP contribution < -0.4 is 5.32 Å². The summed E-state index contributed by atoms with van der Waals surface area (Å²) in [5.41, 5.74) is 0.987. The van der Waals surface area contributed by atoms with Gasteiger partial charge in [-0.15, -0.1) is 0 Å². The van der Waals surface area contributed by atoms with Crippen molar-refractivity contribution < 1.29 is 0 Å². The highest BCUT2D eigenvalue weighted by Crippen LogP contribution is 2.23. The maximum Gasteiger partial charge on any atom is 0.202 e. The van der Waals surface area contributed by atoms with Crippen molar-refractivity contribution in [3.8, 4) is 0 Å². The zero-order chi connectivity index (χ0) is 13.0. The van der Waals surface area contributed by atoms with Gasteiger partial charge in [-0.2, -0.15) is 4.37 Å². The lowest BCUT2D eigenvalue weighted by atomic mass is 10.1. The zero-order valence-corrected chi connectivity index (χ0v) is 12.2. The van der Waals surface area contributed by atoms with E-state index < -0.39 is 0 Å². The van der Waals surface area contributed by atoms with Gasteiger partial charge in [-0.05, 0) is 24.1 Å². The van der Waals surface area contributed by atoms with E-state index in [0.29, 0.717) is 16.5 Å². The summed E-state index contributed by atoms with van der Waals surface area (Å²) >= 11 is 13.4. The van der Waals surface area contributed by atoms with Crippen LogP contribution in [0, 0.1) is 0 Å². The van der Waals surface area contributed by atoms with Crippen molar-refractivity contribution in [2.45, 2.75) is 19.8 Å². The molecule has 18 heavy (non-hydrogen) atoms. The van der Waals surface area contributed by atoms with Crippen LogP contribution in [-0.2, 0) is 6.42 Å². The Hall–Kier alpha value is -0.840. The van der Waals surface area contributed by atoms with Crippen LogP contribution in [0.25, 0.3) is 0 Å². The number of nitrogens with zero attached hydrogens (tertiary/aromatic N) is 2. The molecule has 0 bridgehead atoms. The van der Waals surface area contributed by atoms with E-state index in [2.05, 4.69) is 21.6 Å². The molecule has 0 unspecified atom stereocenters.